The molecule has 0 saturated carbocycles. The van der Waals surface area contributed by atoms with E-state index in [0.717, 1.165) is 38.6 Å². The van der Waals surface area contributed by atoms with Crippen LogP contribution in [0.3, 0.4) is 0 Å². The Bertz CT molecular complexity index is 170. The van der Waals surface area contributed by atoms with Crippen molar-refractivity contribution < 1.29 is 4.74 Å². The van der Waals surface area contributed by atoms with E-state index in [-0.39, 0.29) is 0 Å². The van der Waals surface area contributed by atoms with Gasteiger partial charge in [0.05, 0.1) is 6.61 Å². The van der Waals surface area contributed by atoms with Crippen LogP contribution in [0.15, 0.2) is 0 Å². The molecule has 3 nitrogen and oxygen atoms in total. The molecule has 0 aliphatic carbocycles. The summed E-state index contributed by atoms with van der Waals surface area (Å²) in [6, 6.07) is 0.554. The first kappa shape index (κ1) is 16.9. The number of nitrogens with zero attached hydrogens (tertiary/aromatic N) is 1. The van der Waals surface area contributed by atoms with Crippen molar-refractivity contribution in [3.05, 3.63) is 0 Å². The van der Waals surface area contributed by atoms with Gasteiger partial charge >= 0.3 is 0 Å². The number of hydrogen-bond donors (Lipinski definition) is 1. The molecule has 0 radical (unpaired) electrons. The normalized spacial score (nSPS) is 13.9. The molecule has 17 heavy (non-hydrogen) atoms. The van der Waals surface area contributed by atoms with Gasteiger partial charge in [-0.2, -0.15) is 0 Å². The second-order valence-corrected chi connectivity index (χ2v) is 5.86. The lowest BCUT2D eigenvalue weighted by Gasteiger charge is -2.25. The summed E-state index contributed by atoms with van der Waals surface area (Å²) in [5.41, 5.74) is 0. The largest absolute Gasteiger partial charge is 0.380 e. The Hall–Kier alpha value is -0.120. The second-order valence-electron chi connectivity index (χ2n) is 5.86. The van der Waals surface area contributed by atoms with Gasteiger partial charge in [0, 0.05) is 25.7 Å². The minimum atomic E-state index is 0.554. The van der Waals surface area contributed by atoms with Gasteiger partial charge in [0.25, 0.3) is 0 Å². The fourth-order valence-electron chi connectivity index (χ4n) is 1.64. The van der Waals surface area contributed by atoms with Crippen molar-refractivity contribution in [2.75, 3.05) is 40.4 Å². The van der Waals surface area contributed by atoms with E-state index in [1.165, 1.54) is 0 Å². The zero-order chi connectivity index (χ0) is 13.3. The minimum absolute atomic E-state index is 0.554. The molecule has 0 fully saturated rings. The summed E-state index contributed by atoms with van der Waals surface area (Å²) in [7, 11) is 4.24. The first-order chi connectivity index (χ1) is 7.93. The van der Waals surface area contributed by atoms with Crippen LogP contribution in [0.25, 0.3) is 0 Å². The Morgan fingerprint density at radius 2 is 1.71 bits per heavy atom. The molecule has 0 rings (SSSR count). The van der Waals surface area contributed by atoms with E-state index >= 15 is 0 Å². The highest BCUT2D eigenvalue weighted by atomic mass is 16.5. The second kappa shape index (κ2) is 9.86. The first-order valence-corrected chi connectivity index (χ1v) is 6.89. The van der Waals surface area contributed by atoms with Crippen LogP contribution < -0.4 is 5.32 Å². The molecule has 0 aromatic rings. The average molecular weight is 244 g/mol. The molecule has 0 saturated heterocycles. The standard InChI is InChI=1S/C14H32N2O/c1-12(2)7-9-17-10-8-15-14(13(3)4)11-16(5)6/h12-15H,7-11H2,1-6H3. The van der Waals surface area contributed by atoms with Crippen molar-refractivity contribution in [1.82, 2.24) is 10.2 Å². The van der Waals surface area contributed by atoms with Crippen LogP contribution in [0.5, 0.6) is 0 Å². The van der Waals surface area contributed by atoms with Crippen LogP contribution in [0.1, 0.15) is 34.1 Å². The van der Waals surface area contributed by atoms with E-state index in [2.05, 4.69) is 52.0 Å². The third kappa shape index (κ3) is 10.7. The van der Waals surface area contributed by atoms with Crippen LogP contribution in [0.2, 0.25) is 0 Å². The Kier molecular flexibility index (Phi) is 9.79. The third-order valence-corrected chi connectivity index (χ3v) is 2.86. The molecule has 3 heteroatoms. The predicted molar refractivity (Wildman–Crippen MR) is 75.5 cm³/mol. The molecule has 0 aliphatic heterocycles. The molecule has 104 valence electrons. The average Bonchev–Trinajstić information content (AvgIpc) is 2.20. The van der Waals surface area contributed by atoms with E-state index in [4.69, 9.17) is 4.74 Å². The molecule has 0 bridgehead atoms. The van der Waals surface area contributed by atoms with Gasteiger partial charge in [0.1, 0.15) is 0 Å². The number of nitrogens with one attached hydrogen (secondary N) is 1. The molecule has 0 aliphatic rings. The van der Waals surface area contributed by atoms with E-state index in [1.807, 2.05) is 0 Å². The molecule has 1 N–H and O–H groups in total. The Balaban J connectivity index is 3.54. The van der Waals surface area contributed by atoms with Crippen LogP contribution in [-0.4, -0.2) is 51.3 Å². The van der Waals surface area contributed by atoms with Crippen molar-refractivity contribution in [3.63, 3.8) is 0 Å². The molecule has 0 aromatic carbocycles. The van der Waals surface area contributed by atoms with Crippen molar-refractivity contribution in [2.24, 2.45) is 11.8 Å². The van der Waals surface area contributed by atoms with E-state index in [9.17, 15) is 0 Å². The van der Waals surface area contributed by atoms with Crippen molar-refractivity contribution >= 4 is 0 Å². The van der Waals surface area contributed by atoms with E-state index in [1.54, 1.807) is 0 Å². The molecule has 0 spiro atoms. The lowest BCUT2D eigenvalue weighted by atomic mass is 10.0. The summed E-state index contributed by atoms with van der Waals surface area (Å²) in [6.45, 7) is 12.7. The Labute approximate surface area is 108 Å². The lowest BCUT2D eigenvalue weighted by molar-refractivity contribution is 0.120. The van der Waals surface area contributed by atoms with Gasteiger partial charge in [0.2, 0.25) is 0 Å². The zero-order valence-electron chi connectivity index (χ0n) is 12.6. The maximum absolute atomic E-state index is 5.60. The summed E-state index contributed by atoms with van der Waals surface area (Å²) < 4.78 is 5.60. The van der Waals surface area contributed by atoms with Crippen LogP contribution in [0.4, 0.5) is 0 Å². The predicted octanol–water partition coefficient (Wildman–Crippen LogP) is 2.22. The number of ether oxygens (including phenoxy) is 1. The van der Waals surface area contributed by atoms with Crippen molar-refractivity contribution in [1.29, 1.82) is 0 Å². The SMILES string of the molecule is CC(C)CCOCCNC(CN(C)C)C(C)C. The zero-order valence-corrected chi connectivity index (χ0v) is 12.6. The van der Waals surface area contributed by atoms with Crippen molar-refractivity contribution in [3.8, 4) is 0 Å². The van der Waals surface area contributed by atoms with Gasteiger partial charge in [-0.25, -0.2) is 0 Å². The highest BCUT2D eigenvalue weighted by molar-refractivity contribution is 4.72. The van der Waals surface area contributed by atoms with Gasteiger partial charge in [-0.1, -0.05) is 27.7 Å². The van der Waals surface area contributed by atoms with Gasteiger partial charge in [-0.05, 0) is 32.4 Å². The fourth-order valence-corrected chi connectivity index (χ4v) is 1.64. The smallest absolute Gasteiger partial charge is 0.0591 e. The van der Waals surface area contributed by atoms with Crippen molar-refractivity contribution in [2.45, 2.75) is 40.2 Å². The molecule has 1 unspecified atom stereocenters. The van der Waals surface area contributed by atoms with Gasteiger partial charge in [0.15, 0.2) is 0 Å². The Morgan fingerprint density at radius 1 is 1.06 bits per heavy atom. The Morgan fingerprint density at radius 3 is 2.18 bits per heavy atom. The number of rotatable bonds is 10. The fraction of sp³-hybridized carbons (Fsp3) is 1.00. The topological polar surface area (TPSA) is 24.5 Å². The molecule has 0 heterocycles. The maximum atomic E-state index is 5.60. The van der Waals surface area contributed by atoms with Crippen LogP contribution >= 0.6 is 0 Å². The summed E-state index contributed by atoms with van der Waals surface area (Å²) in [4.78, 5) is 2.23. The summed E-state index contributed by atoms with van der Waals surface area (Å²) in [5, 5.41) is 3.57. The highest BCUT2D eigenvalue weighted by Crippen LogP contribution is 2.02. The summed E-state index contributed by atoms with van der Waals surface area (Å²) in [5.74, 6) is 1.40. The van der Waals surface area contributed by atoms with Crippen LogP contribution in [0, 0.1) is 11.8 Å². The molecule has 0 aromatic heterocycles. The summed E-state index contributed by atoms with van der Waals surface area (Å²) >= 11 is 0. The van der Waals surface area contributed by atoms with Gasteiger partial charge < -0.3 is 15.0 Å². The number of hydrogen-bond acceptors (Lipinski definition) is 3. The van der Waals surface area contributed by atoms with Crippen LogP contribution in [-0.2, 0) is 4.74 Å². The first-order valence-electron chi connectivity index (χ1n) is 6.89. The van der Waals surface area contributed by atoms with Gasteiger partial charge in [-0.15, -0.1) is 0 Å². The van der Waals surface area contributed by atoms with E-state index in [0.29, 0.717) is 12.0 Å². The number of likely N-dealkylation sites (N-methyl/N-ethyl adjacent to an activating group) is 1. The maximum Gasteiger partial charge on any atom is 0.0591 e. The summed E-state index contributed by atoms with van der Waals surface area (Å²) in [6.07, 6.45) is 1.16. The third-order valence-electron chi connectivity index (χ3n) is 2.86. The monoisotopic (exact) mass is 244 g/mol. The minimum Gasteiger partial charge on any atom is -0.380 e. The molecule has 0 amide bonds. The highest BCUT2D eigenvalue weighted by Gasteiger charge is 2.12. The van der Waals surface area contributed by atoms with Gasteiger partial charge in [-0.3, -0.25) is 0 Å². The van der Waals surface area contributed by atoms with E-state index < -0.39 is 0 Å². The molecule has 1 atom stereocenters. The molecular formula is C14H32N2O. The lowest BCUT2D eigenvalue weighted by Crippen LogP contribution is -2.43. The molecular weight excluding hydrogens is 212 g/mol. The quantitative estimate of drug-likeness (QED) is 0.596.